The minimum absolute atomic E-state index is 0.0949. The lowest BCUT2D eigenvalue weighted by Gasteiger charge is -2.33. The zero-order chi connectivity index (χ0) is 24.1. The Hall–Kier alpha value is -3.40. The molecule has 3 aromatic rings. The van der Waals surface area contributed by atoms with Crippen LogP contribution in [-0.2, 0) is 9.47 Å². The Morgan fingerprint density at radius 2 is 2.00 bits per heavy atom. The fraction of sp³-hybridized carbons (Fsp3) is 0.500. The molecule has 0 spiro atoms. The van der Waals surface area contributed by atoms with Gasteiger partial charge in [0, 0.05) is 31.8 Å². The second-order valence-corrected chi connectivity index (χ2v) is 9.31. The number of rotatable bonds is 7. The van der Waals surface area contributed by atoms with Crippen LogP contribution in [0.4, 0.5) is 16.4 Å². The van der Waals surface area contributed by atoms with Crippen LogP contribution in [0.2, 0.25) is 0 Å². The Morgan fingerprint density at radius 1 is 1.21 bits per heavy atom. The van der Waals surface area contributed by atoms with E-state index in [1.807, 2.05) is 45.0 Å². The summed E-state index contributed by atoms with van der Waals surface area (Å²) in [7, 11) is 1.64. The highest BCUT2D eigenvalue weighted by Gasteiger charge is 2.30. The smallest absolute Gasteiger partial charge is 0.410 e. The van der Waals surface area contributed by atoms with E-state index in [0.29, 0.717) is 43.4 Å². The van der Waals surface area contributed by atoms with Gasteiger partial charge in [0.2, 0.25) is 5.95 Å². The third kappa shape index (κ3) is 6.13. The molecule has 182 valence electrons. The van der Waals surface area contributed by atoms with E-state index in [2.05, 4.69) is 25.3 Å². The van der Waals surface area contributed by atoms with Gasteiger partial charge in [-0.3, -0.25) is 0 Å². The second-order valence-electron chi connectivity index (χ2n) is 9.31. The van der Waals surface area contributed by atoms with Crippen LogP contribution in [-0.4, -0.2) is 69.9 Å². The summed E-state index contributed by atoms with van der Waals surface area (Å²) in [5, 5.41) is 3.20. The van der Waals surface area contributed by atoms with Crippen molar-refractivity contribution in [2.75, 3.05) is 38.7 Å². The Balaban J connectivity index is 1.41. The van der Waals surface area contributed by atoms with Gasteiger partial charge in [0.25, 0.3) is 0 Å². The number of carbonyl (C=O) groups is 1. The second kappa shape index (κ2) is 10.3. The summed E-state index contributed by atoms with van der Waals surface area (Å²) in [6, 6.07) is 7.57. The molecular formula is C24H32N6O4. The number of imidazole rings is 1. The zero-order valence-corrected chi connectivity index (χ0v) is 20.1. The number of amides is 1. The first-order valence-electron chi connectivity index (χ1n) is 11.5. The molecule has 4 rings (SSSR count). The van der Waals surface area contributed by atoms with Gasteiger partial charge in [-0.15, -0.1) is 0 Å². The van der Waals surface area contributed by atoms with Crippen LogP contribution >= 0.6 is 0 Å². The quantitative estimate of drug-likeness (QED) is 0.495. The molecule has 1 aliphatic heterocycles. The van der Waals surface area contributed by atoms with Crippen molar-refractivity contribution in [1.82, 2.24) is 24.8 Å². The van der Waals surface area contributed by atoms with Crippen LogP contribution < -0.4 is 10.1 Å². The third-order valence-electron chi connectivity index (χ3n) is 5.38. The molecule has 1 amide bonds. The summed E-state index contributed by atoms with van der Waals surface area (Å²) in [6.45, 7) is 7.92. The van der Waals surface area contributed by atoms with Gasteiger partial charge in [-0.25, -0.2) is 14.8 Å². The van der Waals surface area contributed by atoms with E-state index in [1.54, 1.807) is 18.2 Å². The Bertz CT molecular complexity index is 1110. The number of hydrogen-bond acceptors (Lipinski definition) is 8. The summed E-state index contributed by atoms with van der Waals surface area (Å²) in [5.41, 5.74) is 1.68. The number of ether oxygens (including phenoxy) is 3. The van der Waals surface area contributed by atoms with Crippen LogP contribution in [0.25, 0.3) is 11.2 Å². The van der Waals surface area contributed by atoms with Crippen molar-refractivity contribution in [1.29, 1.82) is 0 Å². The van der Waals surface area contributed by atoms with Gasteiger partial charge in [0.15, 0.2) is 5.65 Å². The van der Waals surface area contributed by atoms with E-state index in [-0.39, 0.29) is 12.0 Å². The molecule has 0 saturated carbocycles. The number of nitrogens with one attached hydrogen (secondary N) is 2. The number of benzene rings is 1. The standard InChI is InChI=1S/C24H32N6O4/c1-24(2,3)34-23(31)30-11-5-6-16(15-30)20-27-19-14-25-22(29-21(19)28-20)26-17-7-9-18(10-8-17)33-13-12-32-4/h7-10,14,16H,5-6,11-13,15H2,1-4H3,(H2,25,26,27,28,29). The predicted molar refractivity (Wildman–Crippen MR) is 129 cm³/mol. The van der Waals surface area contributed by atoms with Crippen LogP contribution in [0.1, 0.15) is 45.4 Å². The van der Waals surface area contributed by atoms with Gasteiger partial charge < -0.3 is 29.4 Å². The van der Waals surface area contributed by atoms with Crippen molar-refractivity contribution >= 4 is 28.9 Å². The molecule has 0 aliphatic carbocycles. The van der Waals surface area contributed by atoms with Crippen molar-refractivity contribution in [2.24, 2.45) is 0 Å². The fourth-order valence-electron chi connectivity index (χ4n) is 3.78. The minimum atomic E-state index is -0.514. The number of carbonyl (C=O) groups excluding carboxylic acids is 1. The van der Waals surface area contributed by atoms with E-state index in [1.165, 1.54) is 0 Å². The van der Waals surface area contributed by atoms with Crippen molar-refractivity contribution in [2.45, 2.75) is 45.1 Å². The molecule has 34 heavy (non-hydrogen) atoms. The number of anilines is 2. The molecule has 1 aromatic carbocycles. The summed E-state index contributed by atoms with van der Waals surface area (Å²) in [4.78, 5) is 31.2. The maximum atomic E-state index is 12.5. The van der Waals surface area contributed by atoms with Crippen molar-refractivity contribution < 1.29 is 19.0 Å². The largest absolute Gasteiger partial charge is 0.491 e. The zero-order valence-electron chi connectivity index (χ0n) is 20.1. The SMILES string of the molecule is COCCOc1ccc(Nc2ncc3nc(C4CCCN(C(=O)OC(C)(C)C)C4)[nH]c3n2)cc1. The van der Waals surface area contributed by atoms with Crippen molar-refractivity contribution in [3.05, 3.63) is 36.3 Å². The molecule has 3 heterocycles. The lowest BCUT2D eigenvalue weighted by atomic mass is 9.98. The Morgan fingerprint density at radius 3 is 2.74 bits per heavy atom. The molecule has 2 N–H and O–H groups in total. The number of likely N-dealkylation sites (tertiary alicyclic amines) is 1. The van der Waals surface area contributed by atoms with Crippen molar-refractivity contribution in [3.8, 4) is 5.75 Å². The van der Waals surface area contributed by atoms with Gasteiger partial charge >= 0.3 is 6.09 Å². The maximum Gasteiger partial charge on any atom is 0.410 e. The highest BCUT2D eigenvalue weighted by atomic mass is 16.6. The molecule has 1 aliphatic rings. The van der Waals surface area contributed by atoms with Gasteiger partial charge in [-0.05, 0) is 57.9 Å². The summed E-state index contributed by atoms with van der Waals surface area (Å²) < 4.78 is 16.1. The number of fused-ring (bicyclic) bond motifs is 1. The van der Waals surface area contributed by atoms with E-state index >= 15 is 0 Å². The van der Waals surface area contributed by atoms with Gasteiger partial charge in [0.05, 0.1) is 12.8 Å². The topological polar surface area (TPSA) is 114 Å². The molecule has 1 fully saturated rings. The van der Waals surface area contributed by atoms with Crippen LogP contribution in [0.15, 0.2) is 30.5 Å². The molecule has 10 heteroatoms. The molecule has 1 atom stereocenters. The highest BCUT2D eigenvalue weighted by Crippen LogP contribution is 2.28. The molecule has 10 nitrogen and oxygen atoms in total. The van der Waals surface area contributed by atoms with E-state index in [0.717, 1.165) is 30.1 Å². The number of aromatic nitrogens is 4. The molecular weight excluding hydrogens is 436 g/mol. The summed E-state index contributed by atoms with van der Waals surface area (Å²) in [6.07, 6.45) is 3.25. The summed E-state index contributed by atoms with van der Waals surface area (Å²) in [5.74, 6) is 2.14. The van der Waals surface area contributed by atoms with E-state index < -0.39 is 5.60 Å². The van der Waals surface area contributed by atoms with Gasteiger partial charge in [-0.1, -0.05) is 0 Å². The van der Waals surface area contributed by atoms with Crippen molar-refractivity contribution in [3.63, 3.8) is 0 Å². The lowest BCUT2D eigenvalue weighted by molar-refractivity contribution is 0.0196. The average molecular weight is 469 g/mol. The highest BCUT2D eigenvalue weighted by molar-refractivity contribution is 5.72. The third-order valence-corrected chi connectivity index (χ3v) is 5.38. The van der Waals surface area contributed by atoms with Crippen LogP contribution in [0.5, 0.6) is 5.75 Å². The molecule has 0 radical (unpaired) electrons. The number of methoxy groups -OCH3 is 1. The molecule has 0 bridgehead atoms. The minimum Gasteiger partial charge on any atom is -0.491 e. The number of H-pyrrole nitrogens is 1. The van der Waals surface area contributed by atoms with Gasteiger partial charge in [-0.2, -0.15) is 4.98 Å². The summed E-state index contributed by atoms with van der Waals surface area (Å²) >= 11 is 0. The number of nitrogens with zero attached hydrogens (tertiary/aromatic N) is 4. The van der Waals surface area contributed by atoms with E-state index in [9.17, 15) is 4.79 Å². The molecule has 2 aromatic heterocycles. The normalized spacial score (nSPS) is 16.5. The van der Waals surface area contributed by atoms with Gasteiger partial charge in [0.1, 0.15) is 29.3 Å². The van der Waals surface area contributed by atoms with Crippen LogP contribution in [0.3, 0.4) is 0 Å². The van der Waals surface area contributed by atoms with E-state index in [4.69, 9.17) is 14.2 Å². The molecule has 1 saturated heterocycles. The monoisotopic (exact) mass is 468 g/mol. The number of piperidine rings is 1. The maximum absolute atomic E-state index is 12.5. The Labute approximate surface area is 199 Å². The number of hydrogen-bond donors (Lipinski definition) is 2. The fourth-order valence-corrected chi connectivity index (χ4v) is 3.78. The first kappa shape index (κ1) is 23.7. The Kier molecular flexibility index (Phi) is 7.16. The predicted octanol–water partition coefficient (Wildman–Crippen LogP) is 4.24. The average Bonchev–Trinajstić information content (AvgIpc) is 3.23. The van der Waals surface area contributed by atoms with Crippen LogP contribution in [0, 0.1) is 0 Å². The lowest BCUT2D eigenvalue weighted by Crippen LogP contribution is -2.42. The number of aromatic amines is 1. The first-order valence-corrected chi connectivity index (χ1v) is 11.5. The first-order chi connectivity index (χ1) is 16.3. The molecule has 1 unspecified atom stereocenters.